The summed E-state index contributed by atoms with van der Waals surface area (Å²) in [5.74, 6) is -0.0913. The second-order valence-corrected chi connectivity index (χ2v) is 7.98. The quantitative estimate of drug-likeness (QED) is 0.526. The van der Waals surface area contributed by atoms with Crippen molar-refractivity contribution in [3.8, 4) is 5.75 Å². The summed E-state index contributed by atoms with van der Waals surface area (Å²) in [6, 6.07) is 12.6. The molecular formula is C24H25BO6. The van der Waals surface area contributed by atoms with E-state index in [0.717, 1.165) is 29.5 Å². The maximum absolute atomic E-state index is 12.9. The number of rotatable bonds is 7. The van der Waals surface area contributed by atoms with Crippen LogP contribution in [0.1, 0.15) is 65.9 Å². The number of ether oxygens (including phenoxy) is 2. The number of benzene rings is 2. The molecule has 31 heavy (non-hydrogen) atoms. The van der Waals surface area contributed by atoms with Crippen molar-refractivity contribution >= 4 is 24.6 Å². The predicted octanol–water partition coefficient (Wildman–Crippen LogP) is 4.48. The molecule has 4 rings (SSSR count). The minimum Gasteiger partial charge on any atom is -0.535 e. The van der Waals surface area contributed by atoms with E-state index in [0.29, 0.717) is 24.4 Å². The number of Topliss-reactive ketones (excluding diaryl/α,β-unsaturated/α-hetero) is 1. The Hall–Kier alpha value is -3.06. The van der Waals surface area contributed by atoms with E-state index in [-0.39, 0.29) is 23.6 Å². The van der Waals surface area contributed by atoms with Gasteiger partial charge >= 0.3 is 13.1 Å². The third-order valence-electron chi connectivity index (χ3n) is 5.72. The van der Waals surface area contributed by atoms with E-state index in [4.69, 9.17) is 14.1 Å². The molecule has 0 saturated heterocycles. The SMILES string of the molecule is C=C1OC(OC(=O)c2cccc3c2OB(O)[C@@H](CC(=O)CCCC)C3)c2ccccc21. The summed E-state index contributed by atoms with van der Waals surface area (Å²) in [5.41, 5.74) is 2.52. The Morgan fingerprint density at radius 3 is 2.84 bits per heavy atom. The zero-order chi connectivity index (χ0) is 22.0. The lowest BCUT2D eigenvalue weighted by atomic mass is 9.64. The molecule has 1 unspecified atom stereocenters. The van der Waals surface area contributed by atoms with Gasteiger partial charge in [0.15, 0.2) is 0 Å². The van der Waals surface area contributed by atoms with Crippen molar-refractivity contribution in [3.63, 3.8) is 0 Å². The van der Waals surface area contributed by atoms with Crippen LogP contribution in [0.3, 0.4) is 0 Å². The van der Waals surface area contributed by atoms with E-state index in [1.54, 1.807) is 12.1 Å². The van der Waals surface area contributed by atoms with Gasteiger partial charge in [-0.2, -0.15) is 0 Å². The summed E-state index contributed by atoms with van der Waals surface area (Å²) in [4.78, 5) is 25.1. The van der Waals surface area contributed by atoms with Gasteiger partial charge in [-0.3, -0.25) is 4.79 Å². The van der Waals surface area contributed by atoms with E-state index < -0.39 is 19.4 Å². The summed E-state index contributed by atoms with van der Waals surface area (Å²) in [6.07, 6.45) is 2.12. The van der Waals surface area contributed by atoms with E-state index in [1.807, 2.05) is 37.3 Å². The van der Waals surface area contributed by atoms with Gasteiger partial charge < -0.3 is 19.2 Å². The first kappa shape index (κ1) is 21.2. The van der Waals surface area contributed by atoms with Crippen molar-refractivity contribution in [3.05, 3.63) is 71.3 Å². The third-order valence-corrected chi connectivity index (χ3v) is 5.72. The van der Waals surface area contributed by atoms with E-state index in [2.05, 4.69) is 6.58 Å². The van der Waals surface area contributed by atoms with Crippen LogP contribution >= 0.6 is 0 Å². The van der Waals surface area contributed by atoms with Crippen LogP contribution in [-0.4, -0.2) is 23.9 Å². The first-order chi connectivity index (χ1) is 15.0. The first-order valence-corrected chi connectivity index (χ1v) is 10.6. The molecule has 2 aromatic carbocycles. The first-order valence-electron chi connectivity index (χ1n) is 10.6. The lowest BCUT2D eigenvalue weighted by molar-refractivity contribution is -0.119. The van der Waals surface area contributed by atoms with Gasteiger partial charge in [0.25, 0.3) is 6.29 Å². The molecule has 0 aromatic heterocycles. The van der Waals surface area contributed by atoms with Crippen LogP contribution < -0.4 is 4.65 Å². The van der Waals surface area contributed by atoms with Crippen LogP contribution in [0.15, 0.2) is 49.0 Å². The number of hydrogen-bond acceptors (Lipinski definition) is 6. The highest BCUT2D eigenvalue weighted by Crippen LogP contribution is 2.40. The van der Waals surface area contributed by atoms with E-state index in [9.17, 15) is 14.6 Å². The molecule has 2 aliphatic heterocycles. The number of esters is 1. The highest BCUT2D eigenvalue weighted by molar-refractivity contribution is 6.47. The summed E-state index contributed by atoms with van der Waals surface area (Å²) in [5, 5.41) is 10.5. The molecule has 0 saturated carbocycles. The molecule has 2 aliphatic rings. The number of carbonyl (C=O) groups is 2. The van der Waals surface area contributed by atoms with Gasteiger partial charge in [-0.05, 0) is 24.5 Å². The maximum atomic E-state index is 12.9. The van der Waals surface area contributed by atoms with Crippen LogP contribution in [0.2, 0.25) is 5.82 Å². The largest absolute Gasteiger partial charge is 0.535 e. The lowest BCUT2D eigenvalue weighted by Crippen LogP contribution is -2.36. The zero-order valence-corrected chi connectivity index (χ0v) is 17.5. The molecule has 0 bridgehead atoms. The Kier molecular flexibility index (Phi) is 6.14. The Morgan fingerprint density at radius 2 is 2.03 bits per heavy atom. The Balaban J connectivity index is 1.50. The van der Waals surface area contributed by atoms with Crippen LogP contribution in [0.5, 0.6) is 5.75 Å². The lowest BCUT2D eigenvalue weighted by Gasteiger charge is -2.28. The zero-order valence-electron chi connectivity index (χ0n) is 17.5. The minimum absolute atomic E-state index is 0.116. The van der Waals surface area contributed by atoms with Gasteiger partial charge in [0.1, 0.15) is 22.9 Å². The molecule has 2 heterocycles. The standard InChI is InChI=1S/C24H25BO6/c1-3-4-9-18(26)14-17-13-16-8-7-12-21(22(16)31-25(17)28)23(27)30-24-20-11-6-5-10-19(20)15(2)29-24/h5-8,10-12,17,24,28H,2-4,9,13-14H2,1H3/t17-,24?/m1/s1. The number of para-hydroxylation sites is 1. The summed E-state index contributed by atoms with van der Waals surface area (Å²) < 4.78 is 16.9. The maximum Gasteiger partial charge on any atom is 0.526 e. The predicted molar refractivity (Wildman–Crippen MR) is 116 cm³/mol. The molecule has 0 radical (unpaired) electrons. The number of carbonyl (C=O) groups excluding carboxylic acids is 2. The molecule has 0 fully saturated rings. The molecule has 2 aromatic rings. The van der Waals surface area contributed by atoms with Crippen molar-refractivity contribution < 1.29 is 28.7 Å². The average Bonchev–Trinajstić information content (AvgIpc) is 3.08. The van der Waals surface area contributed by atoms with Crippen LogP contribution in [-0.2, 0) is 20.7 Å². The van der Waals surface area contributed by atoms with E-state index in [1.165, 1.54) is 0 Å². The van der Waals surface area contributed by atoms with Crippen LogP contribution in [0.4, 0.5) is 0 Å². The normalized spacial score (nSPS) is 19.2. The van der Waals surface area contributed by atoms with Crippen LogP contribution in [0.25, 0.3) is 5.76 Å². The molecule has 6 nitrogen and oxygen atoms in total. The van der Waals surface area contributed by atoms with Gasteiger partial charge in [-0.15, -0.1) is 0 Å². The smallest absolute Gasteiger partial charge is 0.526 e. The van der Waals surface area contributed by atoms with Crippen LogP contribution in [0, 0.1) is 0 Å². The summed E-state index contributed by atoms with van der Waals surface area (Å²) >= 11 is 0. The molecule has 2 atom stereocenters. The number of hydrogen-bond donors (Lipinski definition) is 1. The fraction of sp³-hybridized carbons (Fsp3) is 0.333. The second kappa shape index (κ2) is 8.98. The average molecular weight is 420 g/mol. The second-order valence-electron chi connectivity index (χ2n) is 7.98. The topological polar surface area (TPSA) is 82.1 Å². The highest BCUT2D eigenvalue weighted by atomic mass is 16.7. The van der Waals surface area contributed by atoms with Gasteiger partial charge in [-0.25, -0.2) is 4.79 Å². The van der Waals surface area contributed by atoms with Crippen molar-refractivity contribution in [2.45, 2.75) is 51.1 Å². The third kappa shape index (κ3) is 4.37. The van der Waals surface area contributed by atoms with Gasteiger partial charge in [0.2, 0.25) is 0 Å². The van der Waals surface area contributed by atoms with Crippen molar-refractivity contribution in [1.29, 1.82) is 0 Å². The molecule has 0 aliphatic carbocycles. The summed E-state index contributed by atoms with van der Waals surface area (Å²) in [6.45, 7) is 5.89. The van der Waals surface area contributed by atoms with Crippen molar-refractivity contribution in [2.75, 3.05) is 0 Å². The molecule has 0 spiro atoms. The Bertz CT molecular complexity index is 1020. The molecule has 160 valence electrons. The number of ketones is 1. The molecule has 7 heteroatoms. The molecule has 1 N–H and O–H groups in total. The Morgan fingerprint density at radius 1 is 1.23 bits per heavy atom. The minimum atomic E-state index is -1.16. The van der Waals surface area contributed by atoms with E-state index >= 15 is 0 Å². The number of unbranched alkanes of at least 4 members (excludes halogenated alkanes) is 1. The van der Waals surface area contributed by atoms with Crippen molar-refractivity contribution in [2.24, 2.45) is 0 Å². The molecule has 0 amide bonds. The van der Waals surface area contributed by atoms with Gasteiger partial charge in [0, 0.05) is 29.8 Å². The summed E-state index contributed by atoms with van der Waals surface area (Å²) in [7, 11) is -1.16. The van der Waals surface area contributed by atoms with Gasteiger partial charge in [0.05, 0.1) is 0 Å². The Labute approximate surface area is 182 Å². The highest BCUT2D eigenvalue weighted by Gasteiger charge is 2.38. The fourth-order valence-electron chi connectivity index (χ4n) is 4.05. The van der Waals surface area contributed by atoms with Gasteiger partial charge in [-0.1, -0.05) is 56.3 Å². The fourth-order valence-corrected chi connectivity index (χ4v) is 4.05. The van der Waals surface area contributed by atoms with Crippen molar-refractivity contribution in [1.82, 2.24) is 0 Å². The monoisotopic (exact) mass is 420 g/mol. The number of fused-ring (bicyclic) bond motifs is 2. The molecular weight excluding hydrogens is 395 g/mol.